The minimum absolute atomic E-state index is 0.0713. The predicted molar refractivity (Wildman–Crippen MR) is 76.3 cm³/mol. The maximum Gasteiger partial charge on any atom is 0.269 e. The number of anilines is 1. The third-order valence-corrected chi connectivity index (χ3v) is 2.93. The highest BCUT2D eigenvalue weighted by Gasteiger charge is 2.05. The Kier molecular flexibility index (Phi) is 3.96. The third kappa shape index (κ3) is 3.12. The van der Waals surface area contributed by atoms with Crippen molar-refractivity contribution in [3.63, 3.8) is 0 Å². The van der Waals surface area contributed by atoms with Crippen molar-refractivity contribution < 1.29 is 4.92 Å². The molecule has 0 aromatic heterocycles. The average Bonchev–Trinajstić information content (AvgIpc) is 2.45. The van der Waals surface area contributed by atoms with E-state index in [0.717, 1.165) is 16.8 Å². The highest BCUT2D eigenvalue weighted by atomic mass is 16.6. The normalized spacial score (nSPS) is 9.80. The van der Waals surface area contributed by atoms with Crippen molar-refractivity contribution in [3.05, 3.63) is 69.3 Å². The van der Waals surface area contributed by atoms with Crippen LogP contribution in [0.1, 0.15) is 16.7 Å². The average molecular weight is 267 g/mol. The van der Waals surface area contributed by atoms with Crippen molar-refractivity contribution >= 4 is 11.4 Å². The van der Waals surface area contributed by atoms with Gasteiger partial charge in [0.05, 0.1) is 16.2 Å². The molecule has 0 amide bonds. The fourth-order valence-electron chi connectivity index (χ4n) is 1.83. The van der Waals surface area contributed by atoms with Crippen LogP contribution in [0.5, 0.6) is 0 Å². The second-order valence-electron chi connectivity index (χ2n) is 4.44. The number of rotatable bonds is 4. The van der Waals surface area contributed by atoms with Gasteiger partial charge >= 0.3 is 0 Å². The first-order valence-electron chi connectivity index (χ1n) is 6.08. The van der Waals surface area contributed by atoms with E-state index >= 15 is 0 Å². The van der Waals surface area contributed by atoms with Crippen LogP contribution in [0.4, 0.5) is 11.4 Å². The van der Waals surface area contributed by atoms with Gasteiger partial charge in [0.15, 0.2) is 0 Å². The summed E-state index contributed by atoms with van der Waals surface area (Å²) in [5.41, 5.74) is 3.40. The molecule has 0 bridgehead atoms. The lowest BCUT2D eigenvalue weighted by Gasteiger charge is -2.09. The molecule has 0 spiro atoms. The van der Waals surface area contributed by atoms with Crippen LogP contribution in [0.2, 0.25) is 0 Å². The summed E-state index contributed by atoms with van der Waals surface area (Å²) in [6.45, 7) is 2.47. The lowest BCUT2D eigenvalue weighted by atomic mass is 10.1. The number of nitrogens with one attached hydrogen (secondary N) is 1. The molecule has 0 aliphatic rings. The number of nitro groups is 1. The van der Waals surface area contributed by atoms with Crippen LogP contribution in [0.3, 0.4) is 0 Å². The summed E-state index contributed by atoms with van der Waals surface area (Å²) >= 11 is 0. The Bertz CT molecular complexity index is 673. The molecule has 0 saturated heterocycles. The molecule has 5 heteroatoms. The Morgan fingerprint density at radius 1 is 1.25 bits per heavy atom. The number of nitrogens with zero attached hydrogens (tertiary/aromatic N) is 2. The van der Waals surface area contributed by atoms with E-state index in [4.69, 9.17) is 5.26 Å². The minimum atomic E-state index is -0.425. The summed E-state index contributed by atoms with van der Waals surface area (Å²) in [7, 11) is 0. The smallest absolute Gasteiger partial charge is 0.269 e. The summed E-state index contributed by atoms with van der Waals surface area (Å²) in [6.07, 6.45) is 0. The van der Waals surface area contributed by atoms with E-state index in [1.807, 2.05) is 19.1 Å². The van der Waals surface area contributed by atoms with Crippen molar-refractivity contribution in [1.82, 2.24) is 0 Å². The fraction of sp³-hybridized carbons (Fsp3) is 0.133. The van der Waals surface area contributed by atoms with Gasteiger partial charge in [-0.1, -0.05) is 18.2 Å². The largest absolute Gasteiger partial charge is 0.380 e. The van der Waals surface area contributed by atoms with Gasteiger partial charge in [0, 0.05) is 18.7 Å². The Balaban J connectivity index is 2.11. The van der Waals surface area contributed by atoms with E-state index in [0.29, 0.717) is 12.1 Å². The molecule has 0 fully saturated rings. The SMILES string of the molecule is Cc1ccc(C#N)c(NCc2ccc([N+](=O)[O-])cc2)c1. The van der Waals surface area contributed by atoms with Crippen molar-refractivity contribution in [2.75, 3.05) is 5.32 Å². The van der Waals surface area contributed by atoms with E-state index in [1.165, 1.54) is 12.1 Å². The van der Waals surface area contributed by atoms with E-state index < -0.39 is 4.92 Å². The topological polar surface area (TPSA) is 79.0 Å². The first-order valence-corrected chi connectivity index (χ1v) is 6.08. The summed E-state index contributed by atoms with van der Waals surface area (Å²) in [5, 5.41) is 22.8. The van der Waals surface area contributed by atoms with Gasteiger partial charge in [-0.2, -0.15) is 5.26 Å². The van der Waals surface area contributed by atoms with Gasteiger partial charge in [0.2, 0.25) is 0 Å². The zero-order chi connectivity index (χ0) is 14.5. The first kappa shape index (κ1) is 13.6. The van der Waals surface area contributed by atoms with Gasteiger partial charge in [0.1, 0.15) is 6.07 Å². The standard InChI is InChI=1S/C15H13N3O2/c1-11-2-5-13(9-16)15(8-11)17-10-12-3-6-14(7-4-12)18(19)20/h2-8,17H,10H2,1H3. The van der Waals surface area contributed by atoms with Gasteiger partial charge in [-0.3, -0.25) is 10.1 Å². The molecular weight excluding hydrogens is 254 g/mol. The number of nitriles is 1. The molecule has 0 saturated carbocycles. The molecule has 0 aliphatic carbocycles. The molecule has 0 radical (unpaired) electrons. The molecule has 2 aromatic carbocycles. The summed E-state index contributed by atoms with van der Waals surface area (Å²) < 4.78 is 0. The quantitative estimate of drug-likeness (QED) is 0.680. The van der Waals surface area contributed by atoms with Crippen LogP contribution in [-0.2, 0) is 6.54 Å². The van der Waals surface area contributed by atoms with E-state index in [-0.39, 0.29) is 5.69 Å². The molecule has 0 atom stereocenters. The number of hydrogen-bond acceptors (Lipinski definition) is 4. The minimum Gasteiger partial charge on any atom is -0.380 e. The lowest BCUT2D eigenvalue weighted by molar-refractivity contribution is -0.384. The number of benzene rings is 2. The van der Waals surface area contributed by atoms with Gasteiger partial charge in [-0.25, -0.2) is 0 Å². The fourth-order valence-corrected chi connectivity index (χ4v) is 1.83. The van der Waals surface area contributed by atoms with Crippen LogP contribution in [0, 0.1) is 28.4 Å². The maximum absolute atomic E-state index is 10.6. The van der Waals surface area contributed by atoms with Crippen molar-refractivity contribution in [2.45, 2.75) is 13.5 Å². The summed E-state index contributed by atoms with van der Waals surface area (Å²) in [5.74, 6) is 0. The van der Waals surface area contributed by atoms with Crippen molar-refractivity contribution in [3.8, 4) is 6.07 Å². The van der Waals surface area contributed by atoms with E-state index in [9.17, 15) is 10.1 Å². The maximum atomic E-state index is 10.6. The Hall–Kier alpha value is -2.87. The molecule has 0 aliphatic heterocycles. The van der Waals surface area contributed by atoms with Crippen LogP contribution in [-0.4, -0.2) is 4.92 Å². The summed E-state index contributed by atoms with van der Waals surface area (Å²) in [6, 6.07) is 14.0. The Morgan fingerprint density at radius 2 is 1.95 bits per heavy atom. The highest BCUT2D eigenvalue weighted by molar-refractivity contribution is 5.59. The van der Waals surface area contributed by atoms with Crippen LogP contribution >= 0.6 is 0 Å². The molecule has 0 heterocycles. The van der Waals surface area contributed by atoms with Crippen molar-refractivity contribution in [1.29, 1.82) is 5.26 Å². The summed E-state index contributed by atoms with van der Waals surface area (Å²) in [4.78, 5) is 10.1. The predicted octanol–water partition coefficient (Wildman–Crippen LogP) is 3.39. The van der Waals surface area contributed by atoms with Gasteiger partial charge in [-0.15, -0.1) is 0 Å². The lowest BCUT2D eigenvalue weighted by Crippen LogP contribution is -2.01. The molecule has 2 aromatic rings. The molecule has 5 nitrogen and oxygen atoms in total. The van der Waals surface area contributed by atoms with Gasteiger partial charge in [0.25, 0.3) is 5.69 Å². The second kappa shape index (κ2) is 5.85. The van der Waals surface area contributed by atoms with Gasteiger partial charge < -0.3 is 5.32 Å². The zero-order valence-corrected chi connectivity index (χ0v) is 11.0. The van der Waals surface area contributed by atoms with E-state index in [1.54, 1.807) is 18.2 Å². The number of nitro benzene ring substituents is 1. The highest BCUT2D eigenvalue weighted by Crippen LogP contribution is 2.18. The number of aryl methyl sites for hydroxylation is 1. The Labute approximate surface area is 116 Å². The van der Waals surface area contributed by atoms with Crippen molar-refractivity contribution in [2.24, 2.45) is 0 Å². The molecular formula is C15H13N3O2. The monoisotopic (exact) mass is 267 g/mol. The molecule has 20 heavy (non-hydrogen) atoms. The number of non-ortho nitro benzene ring substituents is 1. The molecule has 2 rings (SSSR count). The van der Waals surface area contributed by atoms with Crippen LogP contribution in [0.25, 0.3) is 0 Å². The van der Waals surface area contributed by atoms with Crippen LogP contribution in [0.15, 0.2) is 42.5 Å². The van der Waals surface area contributed by atoms with E-state index in [2.05, 4.69) is 11.4 Å². The van der Waals surface area contributed by atoms with Gasteiger partial charge in [-0.05, 0) is 30.2 Å². The molecule has 1 N–H and O–H groups in total. The second-order valence-corrected chi connectivity index (χ2v) is 4.44. The molecule has 100 valence electrons. The third-order valence-electron chi connectivity index (χ3n) is 2.93. The first-order chi connectivity index (χ1) is 9.60. The molecule has 0 unspecified atom stereocenters. The number of hydrogen-bond donors (Lipinski definition) is 1. The zero-order valence-electron chi connectivity index (χ0n) is 11.0. The Morgan fingerprint density at radius 3 is 2.55 bits per heavy atom. The van der Waals surface area contributed by atoms with Crippen LogP contribution < -0.4 is 5.32 Å².